The van der Waals surface area contributed by atoms with Crippen molar-refractivity contribution in [3.8, 4) is 0 Å². The number of alkyl halides is 3. The Labute approximate surface area is 149 Å². The molecular formula is C16H13F3N2O2S2. The first-order chi connectivity index (χ1) is 11.8. The fraction of sp³-hybridized carbons (Fsp3) is 0.250. The summed E-state index contributed by atoms with van der Waals surface area (Å²) < 4.78 is 36.9. The summed E-state index contributed by atoms with van der Waals surface area (Å²) in [6, 6.07) is 6.95. The first-order valence-corrected chi connectivity index (χ1v) is 9.07. The second-order valence-electron chi connectivity index (χ2n) is 5.44. The average molecular weight is 386 g/mol. The Kier molecular flexibility index (Phi) is 5.05. The topological polar surface area (TPSA) is 58.2 Å². The molecule has 0 aliphatic heterocycles. The lowest BCUT2D eigenvalue weighted by Crippen LogP contribution is -2.26. The fourth-order valence-corrected chi connectivity index (χ4v) is 3.38. The van der Waals surface area contributed by atoms with E-state index in [4.69, 9.17) is 0 Å². The zero-order valence-electron chi connectivity index (χ0n) is 12.7. The zero-order valence-corrected chi connectivity index (χ0v) is 14.4. The van der Waals surface area contributed by atoms with Gasteiger partial charge in [0.25, 0.3) is 11.8 Å². The summed E-state index contributed by atoms with van der Waals surface area (Å²) in [6.45, 7) is 0. The monoisotopic (exact) mass is 386 g/mol. The highest BCUT2D eigenvalue weighted by molar-refractivity contribution is 8.00. The molecule has 4 nitrogen and oxygen atoms in total. The lowest BCUT2D eigenvalue weighted by atomic mass is 10.2. The maximum atomic E-state index is 12.3. The molecule has 1 saturated carbocycles. The standard InChI is InChI=1S/C16H13F3N2O2S2/c17-16(18,19)25-11-5-1-9(2-6-11)13(22)21-15-12(7-8-24-15)14(23)20-10-3-4-10/h1-2,5-8,10H,3-4H2,(H,20,23)(H,21,22). The van der Waals surface area contributed by atoms with Gasteiger partial charge in [-0.2, -0.15) is 13.2 Å². The Hall–Kier alpha value is -2.00. The summed E-state index contributed by atoms with van der Waals surface area (Å²) in [6.07, 6.45) is 1.92. The number of nitrogens with one attached hydrogen (secondary N) is 2. The van der Waals surface area contributed by atoms with Crippen molar-refractivity contribution in [1.29, 1.82) is 0 Å². The molecule has 0 bridgehead atoms. The molecule has 3 rings (SSSR count). The molecular weight excluding hydrogens is 373 g/mol. The van der Waals surface area contributed by atoms with Crippen molar-refractivity contribution in [3.05, 3.63) is 46.8 Å². The third-order valence-electron chi connectivity index (χ3n) is 3.40. The average Bonchev–Trinajstić information content (AvgIpc) is 3.22. The summed E-state index contributed by atoms with van der Waals surface area (Å²) in [5.41, 5.74) is -3.77. The number of anilines is 1. The first-order valence-electron chi connectivity index (χ1n) is 7.37. The molecule has 1 aromatic heterocycles. The quantitative estimate of drug-likeness (QED) is 0.744. The van der Waals surface area contributed by atoms with Crippen molar-refractivity contribution in [3.63, 3.8) is 0 Å². The number of rotatable bonds is 5. The van der Waals surface area contributed by atoms with Crippen LogP contribution in [0.5, 0.6) is 0 Å². The van der Waals surface area contributed by atoms with E-state index in [2.05, 4.69) is 10.6 Å². The van der Waals surface area contributed by atoms with Gasteiger partial charge in [0.2, 0.25) is 0 Å². The summed E-state index contributed by atoms with van der Waals surface area (Å²) in [5, 5.41) is 7.59. The Balaban J connectivity index is 1.66. The van der Waals surface area contributed by atoms with Gasteiger partial charge >= 0.3 is 5.51 Å². The van der Waals surface area contributed by atoms with Gasteiger partial charge in [-0.1, -0.05) is 0 Å². The number of carbonyl (C=O) groups excluding carboxylic acids is 2. The molecule has 0 unspecified atom stereocenters. The van der Waals surface area contributed by atoms with Gasteiger partial charge in [0, 0.05) is 16.5 Å². The van der Waals surface area contributed by atoms with Crippen LogP contribution >= 0.6 is 23.1 Å². The molecule has 1 fully saturated rings. The minimum Gasteiger partial charge on any atom is -0.349 e. The number of thiophene rings is 1. The smallest absolute Gasteiger partial charge is 0.349 e. The molecule has 9 heteroatoms. The van der Waals surface area contributed by atoms with Crippen molar-refractivity contribution in [1.82, 2.24) is 5.32 Å². The highest BCUT2D eigenvalue weighted by Crippen LogP contribution is 2.36. The summed E-state index contributed by atoms with van der Waals surface area (Å²) in [4.78, 5) is 24.4. The van der Waals surface area contributed by atoms with E-state index in [0.717, 1.165) is 12.8 Å². The predicted octanol–water partition coefficient (Wildman–Crippen LogP) is 4.50. The molecule has 2 amide bonds. The van der Waals surface area contributed by atoms with Gasteiger partial charge in [-0.15, -0.1) is 11.3 Å². The van der Waals surface area contributed by atoms with Crippen molar-refractivity contribution in [2.75, 3.05) is 5.32 Å². The SMILES string of the molecule is O=C(Nc1sccc1C(=O)NC1CC1)c1ccc(SC(F)(F)F)cc1. The van der Waals surface area contributed by atoms with E-state index >= 15 is 0 Å². The van der Waals surface area contributed by atoms with Gasteiger partial charge in [-0.3, -0.25) is 9.59 Å². The molecule has 0 atom stereocenters. The van der Waals surface area contributed by atoms with Crippen LogP contribution in [0.15, 0.2) is 40.6 Å². The van der Waals surface area contributed by atoms with E-state index < -0.39 is 11.4 Å². The predicted molar refractivity (Wildman–Crippen MR) is 91.1 cm³/mol. The van der Waals surface area contributed by atoms with Crippen LogP contribution in [-0.4, -0.2) is 23.4 Å². The Morgan fingerprint density at radius 2 is 1.76 bits per heavy atom. The van der Waals surface area contributed by atoms with Crippen LogP contribution < -0.4 is 10.6 Å². The van der Waals surface area contributed by atoms with Gasteiger partial charge in [-0.05, 0) is 60.3 Å². The first kappa shape index (κ1) is 17.8. The van der Waals surface area contributed by atoms with Crippen LogP contribution in [0.4, 0.5) is 18.2 Å². The minimum absolute atomic E-state index is 0.00433. The van der Waals surface area contributed by atoms with Crippen LogP contribution in [0, 0.1) is 0 Å². The number of carbonyl (C=O) groups is 2. The van der Waals surface area contributed by atoms with E-state index in [0.29, 0.717) is 10.6 Å². The van der Waals surface area contributed by atoms with Crippen LogP contribution in [0.2, 0.25) is 0 Å². The number of halogens is 3. The van der Waals surface area contributed by atoms with Crippen LogP contribution in [0.1, 0.15) is 33.6 Å². The number of thioether (sulfide) groups is 1. The third kappa shape index (κ3) is 4.99. The van der Waals surface area contributed by atoms with Crippen molar-refractivity contribution < 1.29 is 22.8 Å². The van der Waals surface area contributed by atoms with Gasteiger partial charge in [-0.25, -0.2) is 0 Å². The lowest BCUT2D eigenvalue weighted by Gasteiger charge is -2.08. The van der Waals surface area contributed by atoms with Crippen LogP contribution in [0.3, 0.4) is 0 Å². The molecule has 2 aromatic rings. The van der Waals surface area contributed by atoms with Crippen LogP contribution in [-0.2, 0) is 0 Å². The molecule has 0 radical (unpaired) electrons. The summed E-state index contributed by atoms with van der Waals surface area (Å²) in [5.74, 6) is -0.720. The Morgan fingerprint density at radius 3 is 2.36 bits per heavy atom. The molecule has 2 N–H and O–H groups in total. The molecule has 1 aromatic carbocycles. The Morgan fingerprint density at radius 1 is 1.08 bits per heavy atom. The second-order valence-corrected chi connectivity index (χ2v) is 7.49. The molecule has 25 heavy (non-hydrogen) atoms. The minimum atomic E-state index is -4.37. The van der Waals surface area contributed by atoms with Crippen molar-refractivity contribution in [2.45, 2.75) is 29.3 Å². The molecule has 0 spiro atoms. The van der Waals surface area contributed by atoms with E-state index in [-0.39, 0.29) is 34.2 Å². The van der Waals surface area contributed by atoms with Gasteiger partial charge < -0.3 is 10.6 Å². The zero-order chi connectivity index (χ0) is 18.0. The van der Waals surface area contributed by atoms with Gasteiger partial charge in [0.1, 0.15) is 5.00 Å². The van der Waals surface area contributed by atoms with Gasteiger partial charge in [0.15, 0.2) is 0 Å². The van der Waals surface area contributed by atoms with Crippen LogP contribution in [0.25, 0.3) is 0 Å². The molecule has 1 aliphatic rings. The summed E-state index contributed by atoms with van der Waals surface area (Å²) >= 11 is 0.976. The molecule has 0 saturated heterocycles. The van der Waals surface area contributed by atoms with E-state index in [1.807, 2.05) is 0 Å². The second kappa shape index (κ2) is 7.09. The number of hydrogen-bond donors (Lipinski definition) is 2. The molecule has 1 heterocycles. The van der Waals surface area contributed by atoms with E-state index in [9.17, 15) is 22.8 Å². The van der Waals surface area contributed by atoms with Crippen molar-refractivity contribution >= 4 is 39.9 Å². The molecule has 1 aliphatic carbocycles. The maximum absolute atomic E-state index is 12.3. The fourth-order valence-electron chi connectivity index (χ4n) is 2.06. The van der Waals surface area contributed by atoms with Gasteiger partial charge in [0.05, 0.1) is 5.56 Å². The number of benzene rings is 1. The van der Waals surface area contributed by atoms with E-state index in [1.54, 1.807) is 11.4 Å². The number of amides is 2. The van der Waals surface area contributed by atoms with E-state index in [1.165, 1.54) is 35.6 Å². The molecule has 132 valence electrons. The highest BCUT2D eigenvalue weighted by Gasteiger charge is 2.29. The Bertz CT molecular complexity index is 783. The third-order valence-corrected chi connectivity index (χ3v) is 4.97. The number of hydrogen-bond acceptors (Lipinski definition) is 4. The normalized spacial score (nSPS) is 14.2. The van der Waals surface area contributed by atoms with Crippen molar-refractivity contribution in [2.24, 2.45) is 0 Å². The maximum Gasteiger partial charge on any atom is 0.446 e. The lowest BCUT2D eigenvalue weighted by molar-refractivity contribution is -0.0328. The summed E-state index contributed by atoms with van der Waals surface area (Å²) in [7, 11) is 0. The highest BCUT2D eigenvalue weighted by atomic mass is 32.2. The largest absolute Gasteiger partial charge is 0.446 e.